The largest absolute Gasteiger partial charge is 0.497 e. The first kappa shape index (κ1) is 20.5. The lowest BCUT2D eigenvalue weighted by molar-refractivity contribution is 0.0955. The number of halogens is 1. The number of ketones is 1. The van der Waals surface area contributed by atoms with Gasteiger partial charge in [-0.05, 0) is 42.7 Å². The van der Waals surface area contributed by atoms with E-state index in [1.807, 2.05) is 49.4 Å². The van der Waals surface area contributed by atoms with Crippen molar-refractivity contribution in [2.75, 3.05) is 14.2 Å². The SMILES string of the molecule is COc1ccc([C@H]2CC(=O)c3nnc4c(-c5ccc(Cl)cc5)c(C)nn4c3C2)c(OC)c1. The zero-order chi connectivity index (χ0) is 22.4. The molecule has 0 spiro atoms. The summed E-state index contributed by atoms with van der Waals surface area (Å²) in [5, 5.41) is 14.1. The van der Waals surface area contributed by atoms with Crippen LogP contribution in [0, 0.1) is 6.92 Å². The number of nitrogens with zero attached hydrogens (tertiary/aromatic N) is 4. The first-order valence-corrected chi connectivity index (χ1v) is 10.6. The molecule has 162 valence electrons. The zero-order valence-electron chi connectivity index (χ0n) is 17.9. The monoisotopic (exact) mass is 448 g/mol. The van der Waals surface area contributed by atoms with Crippen LogP contribution in [0.15, 0.2) is 42.5 Å². The van der Waals surface area contributed by atoms with E-state index in [0.717, 1.165) is 28.1 Å². The second kappa shape index (κ2) is 7.91. The van der Waals surface area contributed by atoms with Crippen molar-refractivity contribution in [1.29, 1.82) is 0 Å². The second-order valence-corrected chi connectivity index (χ2v) is 8.27. The molecule has 1 aliphatic rings. The molecule has 7 nitrogen and oxygen atoms in total. The van der Waals surface area contributed by atoms with Crippen LogP contribution in [0.2, 0.25) is 5.02 Å². The van der Waals surface area contributed by atoms with E-state index in [9.17, 15) is 4.79 Å². The summed E-state index contributed by atoms with van der Waals surface area (Å²) < 4.78 is 12.7. The number of benzene rings is 2. The standard InChI is InChI=1S/C24H21ClN4O3/c1-13-22(14-4-6-16(25)7-5-14)24-27-26-23-19(29(24)28-13)10-15(11-20(23)30)18-9-8-17(31-2)12-21(18)32-3/h4-9,12,15H,10-11H2,1-3H3/t15-/m1/s1. The predicted molar refractivity (Wildman–Crippen MR) is 121 cm³/mol. The lowest BCUT2D eigenvalue weighted by Gasteiger charge is -2.24. The fourth-order valence-electron chi connectivity index (χ4n) is 4.41. The molecule has 5 rings (SSSR count). The van der Waals surface area contributed by atoms with E-state index in [4.69, 9.17) is 26.2 Å². The van der Waals surface area contributed by atoms with Crippen LogP contribution in [-0.2, 0) is 6.42 Å². The number of carbonyl (C=O) groups excluding carboxylic acids is 1. The van der Waals surface area contributed by atoms with Gasteiger partial charge in [0, 0.05) is 23.4 Å². The van der Waals surface area contributed by atoms with Gasteiger partial charge in [0.25, 0.3) is 0 Å². The van der Waals surface area contributed by atoms with Crippen LogP contribution in [0.25, 0.3) is 16.8 Å². The van der Waals surface area contributed by atoms with Gasteiger partial charge in [-0.25, -0.2) is 4.52 Å². The van der Waals surface area contributed by atoms with Crippen molar-refractivity contribution in [2.45, 2.75) is 25.7 Å². The third-order valence-electron chi connectivity index (χ3n) is 5.96. The number of fused-ring (bicyclic) bond motifs is 3. The van der Waals surface area contributed by atoms with Crippen molar-refractivity contribution in [1.82, 2.24) is 19.8 Å². The van der Waals surface area contributed by atoms with E-state index >= 15 is 0 Å². The molecular weight excluding hydrogens is 428 g/mol. The molecule has 4 aromatic rings. The van der Waals surface area contributed by atoms with Crippen molar-refractivity contribution in [3.63, 3.8) is 0 Å². The predicted octanol–water partition coefficient (Wildman–Crippen LogP) is 4.68. The van der Waals surface area contributed by atoms with E-state index in [0.29, 0.717) is 40.7 Å². The average molecular weight is 449 g/mol. The zero-order valence-corrected chi connectivity index (χ0v) is 18.7. The van der Waals surface area contributed by atoms with E-state index in [-0.39, 0.29) is 11.7 Å². The van der Waals surface area contributed by atoms with Crippen molar-refractivity contribution in [3.8, 4) is 22.6 Å². The van der Waals surface area contributed by atoms with Gasteiger partial charge in [-0.3, -0.25) is 4.79 Å². The first-order chi connectivity index (χ1) is 15.5. The highest BCUT2D eigenvalue weighted by atomic mass is 35.5. The number of ether oxygens (including phenoxy) is 2. The average Bonchev–Trinajstić information content (AvgIpc) is 3.15. The molecular formula is C24H21ClN4O3. The number of aromatic nitrogens is 4. The Morgan fingerprint density at radius 1 is 1.03 bits per heavy atom. The van der Waals surface area contributed by atoms with E-state index in [1.54, 1.807) is 18.7 Å². The maximum atomic E-state index is 13.0. The van der Waals surface area contributed by atoms with Crippen LogP contribution < -0.4 is 9.47 Å². The summed E-state index contributed by atoms with van der Waals surface area (Å²) in [6.07, 6.45) is 0.928. The third kappa shape index (κ3) is 3.29. The summed E-state index contributed by atoms with van der Waals surface area (Å²) in [7, 11) is 3.23. The van der Waals surface area contributed by atoms with Crippen molar-refractivity contribution < 1.29 is 14.3 Å². The van der Waals surface area contributed by atoms with Crippen molar-refractivity contribution in [3.05, 3.63) is 70.1 Å². The maximum absolute atomic E-state index is 13.0. The molecule has 0 saturated heterocycles. The quantitative estimate of drug-likeness (QED) is 0.451. The fourth-order valence-corrected chi connectivity index (χ4v) is 4.53. The number of methoxy groups -OCH3 is 2. The summed E-state index contributed by atoms with van der Waals surface area (Å²) in [6.45, 7) is 1.93. The molecule has 2 aromatic carbocycles. The molecule has 2 aromatic heterocycles. The van der Waals surface area contributed by atoms with Gasteiger partial charge in [-0.1, -0.05) is 29.8 Å². The lowest BCUT2D eigenvalue weighted by atomic mass is 9.83. The Morgan fingerprint density at radius 3 is 2.53 bits per heavy atom. The Morgan fingerprint density at radius 2 is 1.81 bits per heavy atom. The topological polar surface area (TPSA) is 78.6 Å². The molecule has 2 heterocycles. The Labute approximate surface area is 190 Å². The summed E-state index contributed by atoms with van der Waals surface area (Å²) in [5.41, 5.74) is 5.37. The Balaban J connectivity index is 1.63. The highest BCUT2D eigenvalue weighted by Gasteiger charge is 2.33. The molecule has 0 unspecified atom stereocenters. The number of hydrogen-bond acceptors (Lipinski definition) is 6. The molecule has 0 radical (unpaired) electrons. The van der Waals surface area contributed by atoms with Crippen LogP contribution in [-0.4, -0.2) is 39.8 Å². The minimum atomic E-state index is -0.0632. The van der Waals surface area contributed by atoms with Gasteiger partial charge in [0.15, 0.2) is 17.1 Å². The second-order valence-electron chi connectivity index (χ2n) is 7.83. The molecule has 0 N–H and O–H groups in total. The van der Waals surface area contributed by atoms with Gasteiger partial charge in [0.1, 0.15) is 11.5 Å². The smallest absolute Gasteiger partial charge is 0.185 e. The van der Waals surface area contributed by atoms with Gasteiger partial charge in [-0.2, -0.15) is 5.10 Å². The number of hydrogen-bond donors (Lipinski definition) is 0. The first-order valence-electron chi connectivity index (χ1n) is 10.3. The summed E-state index contributed by atoms with van der Waals surface area (Å²) in [6, 6.07) is 13.2. The molecule has 0 aliphatic heterocycles. The Hall–Kier alpha value is -3.45. The van der Waals surface area contributed by atoms with E-state index in [1.165, 1.54) is 0 Å². The number of rotatable bonds is 4. The highest BCUT2D eigenvalue weighted by molar-refractivity contribution is 6.30. The summed E-state index contributed by atoms with van der Waals surface area (Å²) >= 11 is 6.06. The minimum Gasteiger partial charge on any atom is -0.497 e. The van der Waals surface area contributed by atoms with Crippen LogP contribution in [0.5, 0.6) is 11.5 Å². The Kier molecular flexibility index (Phi) is 5.06. The van der Waals surface area contributed by atoms with E-state index < -0.39 is 0 Å². The van der Waals surface area contributed by atoms with Crippen LogP contribution >= 0.6 is 11.6 Å². The normalized spacial score (nSPS) is 15.6. The molecule has 0 bridgehead atoms. The van der Waals surface area contributed by atoms with Crippen molar-refractivity contribution in [2.24, 2.45) is 0 Å². The van der Waals surface area contributed by atoms with Crippen LogP contribution in [0.4, 0.5) is 0 Å². The molecule has 0 amide bonds. The van der Waals surface area contributed by atoms with Gasteiger partial charge < -0.3 is 9.47 Å². The molecule has 1 atom stereocenters. The summed E-state index contributed by atoms with van der Waals surface area (Å²) in [5.74, 6) is 1.29. The third-order valence-corrected chi connectivity index (χ3v) is 6.21. The molecule has 0 fully saturated rings. The van der Waals surface area contributed by atoms with E-state index in [2.05, 4.69) is 10.2 Å². The minimum absolute atomic E-state index is 0.0512. The molecule has 32 heavy (non-hydrogen) atoms. The van der Waals surface area contributed by atoms with Crippen molar-refractivity contribution >= 4 is 23.0 Å². The molecule has 1 aliphatic carbocycles. The molecule has 8 heteroatoms. The summed E-state index contributed by atoms with van der Waals surface area (Å²) in [4.78, 5) is 13.0. The number of Topliss-reactive ketones (excluding diaryl/α,β-unsaturated/α-hetero) is 1. The van der Waals surface area contributed by atoms with Gasteiger partial charge in [0.2, 0.25) is 0 Å². The van der Waals surface area contributed by atoms with Gasteiger partial charge >= 0.3 is 0 Å². The Bertz CT molecular complexity index is 1350. The van der Waals surface area contributed by atoms with Gasteiger partial charge in [0.05, 0.1) is 31.2 Å². The van der Waals surface area contributed by atoms with Crippen LogP contribution in [0.3, 0.4) is 0 Å². The number of aryl methyl sites for hydroxylation is 1. The fraction of sp³-hybridized carbons (Fsp3) is 0.250. The lowest BCUT2D eigenvalue weighted by Crippen LogP contribution is -2.24. The van der Waals surface area contributed by atoms with Gasteiger partial charge in [-0.15, -0.1) is 10.2 Å². The maximum Gasteiger partial charge on any atom is 0.185 e. The van der Waals surface area contributed by atoms with Crippen LogP contribution in [0.1, 0.15) is 39.8 Å². The number of carbonyl (C=O) groups is 1. The molecule has 0 saturated carbocycles. The highest BCUT2D eigenvalue weighted by Crippen LogP contribution is 2.39.